The van der Waals surface area contributed by atoms with E-state index in [0.717, 1.165) is 26.1 Å². The van der Waals surface area contributed by atoms with Crippen LogP contribution in [0.2, 0.25) is 0 Å². The number of nitrogen functional groups attached to an aromatic ring is 1. The van der Waals surface area contributed by atoms with Crippen molar-refractivity contribution in [1.82, 2.24) is 9.88 Å². The molecule has 19 heavy (non-hydrogen) atoms. The summed E-state index contributed by atoms with van der Waals surface area (Å²) in [5.41, 5.74) is 5.64. The van der Waals surface area contributed by atoms with Crippen LogP contribution in [0.25, 0.3) is 0 Å². The molecule has 0 radical (unpaired) electrons. The average Bonchev–Trinajstić information content (AvgIpc) is 2.38. The summed E-state index contributed by atoms with van der Waals surface area (Å²) in [5, 5.41) is 10.9. The number of pyridine rings is 1. The third-order valence-electron chi connectivity index (χ3n) is 3.60. The van der Waals surface area contributed by atoms with Gasteiger partial charge in [0.25, 0.3) is 5.69 Å². The maximum atomic E-state index is 10.9. The highest BCUT2D eigenvalue weighted by Gasteiger charge is 2.25. The minimum Gasteiger partial charge on any atom is -0.383 e. The molecule has 1 fully saturated rings. The van der Waals surface area contributed by atoms with E-state index >= 15 is 0 Å². The van der Waals surface area contributed by atoms with Gasteiger partial charge in [-0.05, 0) is 13.5 Å². The number of likely N-dealkylation sites (N-methyl/N-ethyl adjacent to an activating group) is 1. The molecule has 0 amide bonds. The number of nitro groups is 1. The van der Waals surface area contributed by atoms with Crippen LogP contribution in [-0.4, -0.2) is 47.5 Å². The van der Waals surface area contributed by atoms with Gasteiger partial charge in [0.2, 0.25) is 0 Å². The van der Waals surface area contributed by atoms with Gasteiger partial charge in [0.15, 0.2) is 0 Å². The number of rotatable bonds is 3. The van der Waals surface area contributed by atoms with Crippen LogP contribution in [0.4, 0.5) is 17.3 Å². The summed E-state index contributed by atoms with van der Waals surface area (Å²) in [5.74, 6) is 0.787. The second kappa shape index (κ2) is 5.40. The van der Waals surface area contributed by atoms with Crippen LogP contribution in [0.1, 0.15) is 13.3 Å². The predicted molar refractivity (Wildman–Crippen MR) is 74.2 cm³/mol. The summed E-state index contributed by atoms with van der Waals surface area (Å²) >= 11 is 0. The van der Waals surface area contributed by atoms with E-state index in [2.05, 4.69) is 28.8 Å². The Morgan fingerprint density at radius 2 is 2.26 bits per heavy atom. The third kappa shape index (κ3) is 2.93. The zero-order valence-electron chi connectivity index (χ0n) is 11.2. The molecule has 1 aliphatic rings. The van der Waals surface area contributed by atoms with Crippen molar-refractivity contribution in [2.24, 2.45) is 0 Å². The summed E-state index contributed by atoms with van der Waals surface area (Å²) in [6.45, 7) is 4.68. The molecule has 0 saturated carbocycles. The van der Waals surface area contributed by atoms with E-state index in [9.17, 15) is 10.1 Å². The second-order valence-corrected chi connectivity index (χ2v) is 4.85. The largest absolute Gasteiger partial charge is 0.383 e. The predicted octanol–water partition coefficient (Wildman–Crippen LogP) is 1.10. The Morgan fingerprint density at radius 3 is 2.89 bits per heavy atom. The Balaban J connectivity index is 2.24. The van der Waals surface area contributed by atoms with Crippen molar-refractivity contribution in [1.29, 1.82) is 0 Å². The molecule has 1 unspecified atom stereocenters. The van der Waals surface area contributed by atoms with E-state index in [1.807, 2.05) is 0 Å². The van der Waals surface area contributed by atoms with E-state index < -0.39 is 4.92 Å². The van der Waals surface area contributed by atoms with E-state index in [-0.39, 0.29) is 11.5 Å². The average molecular weight is 265 g/mol. The Labute approximate surface area is 112 Å². The molecule has 0 aromatic carbocycles. The summed E-state index contributed by atoms with van der Waals surface area (Å²) in [6.07, 6.45) is 1.04. The van der Waals surface area contributed by atoms with Crippen molar-refractivity contribution in [3.8, 4) is 0 Å². The molecule has 1 saturated heterocycles. The van der Waals surface area contributed by atoms with Crippen LogP contribution < -0.4 is 10.6 Å². The van der Waals surface area contributed by atoms with Crippen LogP contribution in [0.15, 0.2) is 12.1 Å². The van der Waals surface area contributed by atoms with Crippen molar-refractivity contribution >= 4 is 17.3 Å². The zero-order chi connectivity index (χ0) is 14.0. The van der Waals surface area contributed by atoms with Crippen molar-refractivity contribution in [2.45, 2.75) is 19.4 Å². The minimum absolute atomic E-state index is 0.00511. The highest BCUT2D eigenvalue weighted by atomic mass is 16.6. The highest BCUT2D eigenvalue weighted by Crippen LogP contribution is 2.24. The molecule has 0 aliphatic carbocycles. The number of anilines is 2. The lowest BCUT2D eigenvalue weighted by atomic mass is 10.1. The molecule has 0 spiro atoms. The molecule has 7 heteroatoms. The van der Waals surface area contributed by atoms with Gasteiger partial charge in [-0.25, -0.2) is 4.98 Å². The summed E-state index contributed by atoms with van der Waals surface area (Å²) in [7, 11) is 2.10. The number of aromatic nitrogens is 1. The van der Waals surface area contributed by atoms with Gasteiger partial charge in [0.05, 0.1) is 17.1 Å². The lowest BCUT2D eigenvalue weighted by molar-refractivity contribution is -0.384. The summed E-state index contributed by atoms with van der Waals surface area (Å²) in [6, 6.07) is 3.22. The van der Waals surface area contributed by atoms with Gasteiger partial charge >= 0.3 is 0 Å². The van der Waals surface area contributed by atoms with Gasteiger partial charge in [0.1, 0.15) is 11.6 Å². The Hall–Kier alpha value is -1.89. The molecule has 7 nitrogen and oxygen atoms in total. The van der Waals surface area contributed by atoms with Gasteiger partial charge in [-0.1, -0.05) is 6.92 Å². The van der Waals surface area contributed by atoms with E-state index in [4.69, 9.17) is 5.73 Å². The van der Waals surface area contributed by atoms with Crippen LogP contribution >= 0.6 is 0 Å². The first-order valence-electron chi connectivity index (χ1n) is 6.38. The fraction of sp³-hybridized carbons (Fsp3) is 0.583. The van der Waals surface area contributed by atoms with Gasteiger partial charge < -0.3 is 10.6 Å². The maximum Gasteiger partial charge on any atom is 0.276 e. The fourth-order valence-corrected chi connectivity index (χ4v) is 2.38. The normalized spacial score (nSPS) is 20.5. The molecule has 2 heterocycles. The highest BCUT2D eigenvalue weighted by molar-refractivity contribution is 5.54. The number of hydrogen-bond donors (Lipinski definition) is 1. The van der Waals surface area contributed by atoms with E-state index in [0.29, 0.717) is 11.9 Å². The smallest absolute Gasteiger partial charge is 0.276 e. The third-order valence-corrected chi connectivity index (χ3v) is 3.60. The topological polar surface area (TPSA) is 88.5 Å². The van der Waals surface area contributed by atoms with Gasteiger partial charge in [-0.2, -0.15) is 0 Å². The number of piperazine rings is 1. The Bertz CT molecular complexity index is 479. The van der Waals surface area contributed by atoms with Gasteiger partial charge in [-0.15, -0.1) is 0 Å². The molecule has 2 N–H and O–H groups in total. The van der Waals surface area contributed by atoms with Crippen molar-refractivity contribution in [2.75, 3.05) is 37.3 Å². The molecular weight excluding hydrogens is 246 g/mol. The van der Waals surface area contributed by atoms with Crippen LogP contribution in [0.5, 0.6) is 0 Å². The lowest BCUT2D eigenvalue weighted by Crippen LogP contribution is -2.51. The Kier molecular flexibility index (Phi) is 3.84. The first-order chi connectivity index (χ1) is 9.01. The first kappa shape index (κ1) is 13.5. The van der Waals surface area contributed by atoms with Gasteiger partial charge in [-0.3, -0.25) is 15.0 Å². The molecule has 1 aromatic rings. The molecule has 104 valence electrons. The second-order valence-electron chi connectivity index (χ2n) is 4.85. The molecular formula is C12H19N5O2. The quantitative estimate of drug-likeness (QED) is 0.650. The zero-order valence-corrected chi connectivity index (χ0v) is 11.2. The summed E-state index contributed by atoms with van der Waals surface area (Å²) in [4.78, 5) is 19.0. The Morgan fingerprint density at radius 1 is 1.53 bits per heavy atom. The number of nitrogens with two attached hydrogens (primary N) is 1. The molecule has 0 bridgehead atoms. The van der Waals surface area contributed by atoms with Crippen LogP contribution in [-0.2, 0) is 0 Å². The number of nitrogens with zero attached hydrogens (tertiary/aromatic N) is 4. The van der Waals surface area contributed by atoms with E-state index in [1.165, 1.54) is 12.1 Å². The van der Waals surface area contributed by atoms with Crippen molar-refractivity contribution < 1.29 is 4.92 Å². The number of hydrogen-bond acceptors (Lipinski definition) is 6. The molecule has 2 rings (SSSR count). The van der Waals surface area contributed by atoms with Gasteiger partial charge in [0, 0.05) is 25.7 Å². The fourth-order valence-electron chi connectivity index (χ4n) is 2.38. The standard InChI is InChI=1S/C12H19N5O2/c1-3-9-8-16(5-4-15(9)2)12-7-10(17(18)19)6-11(13)14-12/h6-7,9H,3-5,8H2,1-2H3,(H2,13,14). The van der Waals surface area contributed by atoms with Crippen molar-refractivity contribution in [3.05, 3.63) is 22.2 Å². The van der Waals surface area contributed by atoms with Crippen molar-refractivity contribution in [3.63, 3.8) is 0 Å². The minimum atomic E-state index is -0.436. The molecule has 1 aromatic heterocycles. The lowest BCUT2D eigenvalue weighted by Gasteiger charge is -2.39. The van der Waals surface area contributed by atoms with Crippen LogP contribution in [0.3, 0.4) is 0 Å². The first-order valence-corrected chi connectivity index (χ1v) is 6.38. The van der Waals surface area contributed by atoms with E-state index in [1.54, 1.807) is 0 Å². The molecule has 1 atom stereocenters. The molecule has 1 aliphatic heterocycles. The monoisotopic (exact) mass is 265 g/mol. The summed E-state index contributed by atoms with van der Waals surface area (Å²) < 4.78 is 0. The SMILES string of the molecule is CCC1CN(c2cc([N+](=O)[O-])cc(N)n2)CCN1C. The maximum absolute atomic E-state index is 10.9. The van der Waals surface area contributed by atoms with Crippen LogP contribution in [0, 0.1) is 10.1 Å².